The monoisotopic (exact) mass is 402 g/mol. The summed E-state index contributed by atoms with van der Waals surface area (Å²) in [4.78, 5) is 20.2. The summed E-state index contributed by atoms with van der Waals surface area (Å²) in [5.41, 5.74) is -1.26. The van der Waals surface area contributed by atoms with Crippen LogP contribution in [-0.4, -0.2) is 54.1 Å². The third kappa shape index (κ3) is 3.33. The number of hydrogen-bond donors (Lipinski definition) is 0. The number of alkyl halides is 1. The van der Waals surface area contributed by atoms with Crippen molar-refractivity contribution in [2.75, 3.05) is 32.9 Å². The van der Waals surface area contributed by atoms with Crippen molar-refractivity contribution in [2.24, 2.45) is 0 Å². The second-order valence-electron chi connectivity index (χ2n) is 9.29. The van der Waals surface area contributed by atoms with Gasteiger partial charge in [-0.1, -0.05) is 25.3 Å². The molecule has 2 saturated heterocycles. The minimum atomic E-state index is -1.93. The highest BCUT2D eigenvalue weighted by Gasteiger charge is 2.58. The van der Waals surface area contributed by atoms with E-state index in [0.717, 1.165) is 45.6 Å². The van der Waals surface area contributed by atoms with E-state index in [4.69, 9.17) is 9.47 Å². The third-order valence-electron chi connectivity index (χ3n) is 7.76. The van der Waals surface area contributed by atoms with Gasteiger partial charge in [-0.2, -0.15) is 0 Å². The molecular weight excluding hydrogens is 371 g/mol. The molecule has 158 valence electrons. The quantitative estimate of drug-likeness (QED) is 0.704. The molecule has 0 radical (unpaired) electrons. The van der Waals surface area contributed by atoms with Crippen LogP contribution in [0.5, 0.6) is 0 Å². The van der Waals surface area contributed by atoms with Gasteiger partial charge in [0.25, 0.3) is 0 Å². The summed E-state index contributed by atoms with van der Waals surface area (Å²) in [6, 6.07) is 3.47. The van der Waals surface area contributed by atoms with Crippen LogP contribution in [0.1, 0.15) is 69.0 Å². The van der Waals surface area contributed by atoms with Crippen molar-refractivity contribution in [1.82, 2.24) is 9.88 Å². The number of fused-ring (bicyclic) bond motifs is 2. The molecule has 0 aromatic carbocycles. The summed E-state index contributed by atoms with van der Waals surface area (Å²) >= 11 is 0. The zero-order valence-corrected chi connectivity index (χ0v) is 17.1. The van der Waals surface area contributed by atoms with Gasteiger partial charge < -0.3 is 9.47 Å². The number of ketones is 1. The standard InChI is InChI=1S/C23H31FN2O3/c24-23(11-10-22(17-29-22)20-18(23)5-4-12-25-20)19(27)6-9-21(7-2-1-3-8-21)26-13-15-28-16-14-26/h4-5,12H,1-3,6-11,13-17H2/t22?,23-/m0/s1. The van der Waals surface area contributed by atoms with Gasteiger partial charge in [0.05, 0.1) is 25.5 Å². The smallest absolute Gasteiger partial charge is 0.195 e. The Kier molecular flexibility index (Phi) is 5.00. The van der Waals surface area contributed by atoms with Crippen LogP contribution in [0.2, 0.25) is 0 Å². The van der Waals surface area contributed by atoms with E-state index in [2.05, 4.69) is 9.88 Å². The van der Waals surface area contributed by atoms with Crippen LogP contribution in [0.4, 0.5) is 4.39 Å². The van der Waals surface area contributed by atoms with E-state index in [1.807, 2.05) is 0 Å². The number of carbonyl (C=O) groups excluding carboxylic acids is 1. The maximum Gasteiger partial charge on any atom is 0.195 e. The largest absolute Gasteiger partial charge is 0.379 e. The van der Waals surface area contributed by atoms with Gasteiger partial charge in [-0.3, -0.25) is 14.7 Å². The Hall–Kier alpha value is -1.37. The average Bonchev–Trinajstić information content (AvgIpc) is 3.57. The molecule has 2 aliphatic heterocycles. The molecule has 2 aliphatic carbocycles. The molecule has 3 heterocycles. The average molecular weight is 403 g/mol. The Labute approximate surface area is 172 Å². The lowest BCUT2D eigenvalue weighted by atomic mass is 9.72. The van der Waals surface area contributed by atoms with Crippen LogP contribution in [0.15, 0.2) is 18.3 Å². The van der Waals surface area contributed by atoms with Crippen molar-refractivity contribution in [3.63, 3.8) is 0 Å². The van der Waals surface area contributed by atoms with Crippen LogP contribution in [0, 0.1) is 0 Å². The SMILES string of the molecule is O=C(CCC1(N2CCOCC2)CCCCC1)[C@]1(F)CCC2(CO2)c2ncccc21. The van der Waals surface area contributed by atoms with E-state index in [1.165, 1.54) is 19.3 Å². The van der Waals surface area contributed by atoms with E-state index in [-0.39, 0.29) is 24.2 Å². The maximum atomic E-state index is 16.2. The summed E-state index contributed by atoms with van der Waals surface area (Å²) in [7, 11) is 0. The molecule has 2 atom stereocenters. The number of rotatable bonds is 5. The fourth-order valence-electron chi connectivity index (χ4n) is 5.89. The van der Waals surface area contributed by atoms with Crippen LogP contribution in [0.25, 0.3) is 0 Å². The summed E-state index contributed by atoms with van der Waals surface area (Å²) in [6.07, 6.45) is 9.30. The summed E-state index contributed by atoms with van der Waals surface area (Å²) in [5.74, 6) is -0.277. The molecule has 0 bridgehead atoms. The number of halogens is 1. The molecule has 1 aromatic rings. The Bertz CT molecular complexity index is 769. The minimum absolute atomic E-state index is 0.0291. The number of epoxide rings is 1. The highest BCUT2D eigenvalue weighted by Crippen LogP contribution is 2.54. The molecule has 1 unspecified atom stereocenters. The molecule has 1 saturated carbocycles. The van der Waals surface area contributed by atoms with Gasteiger partial charge in [-0.15, -0.1) is 0 Å². The number of aromatic nitrogens is 1. The number of Topliss-reactive ketones (excluding diaryl/α,β-unsaturated/α-hetero) is 1. The summed E-state index contributed by atoms with van der Waals surface area (Å²) in [6.45, 7) is 3.93. The van der Waals surface area contributed by atoms with Crippen molar-refractivity contribution in [3.05, 3.63) is 29.6 Å². The number of pyridine rings is 1. The van der Waals surface area contributed by atoms with E-state index in [1.54, 1.807) is 18.3 Å². The molecule has 3 fully saturated rings. The van der Waals surface area contributed by atoms with Gasteiger partial charge in [-0.25, -0.2) is 4.39 Å². The molecule has 1 aromatic heterocycles. The van der Waals surface area contributed by atoms with Crippen molar-refractivity contribution in [1.29, 1.82) is 0 Å². The highest BCUT2D eigenvalue weighted by atomic mass is 19.1. The van der Waals surface area contributed by atoms with Crippen molar-refractivity contribution >= 4 is 5.78 Å². The molecule has 1 spiro atoms. The van der Waals surface area contributed by atoms with Gasteiger partial charge in [0.1, 0.15) is 5.60 Å². The molecule has 29 heavy (non-hydrogen) atoms. The maximum absolute atomic E-state index is 16.2. The van der Waals surface area contributed by atoms with E-state index >= 15 is 4.39 Å². The van der Waals surface area contributed by atoms with E-state index in [0.29, 0.717) is 24.3 Å². The first-order valence-electron chi connectivity index (χ1n) is 11.2. The number of nitrogens with zero attached hydrogens (tertiary/aromatic N) is 2. The fourth-order valence-corrected chi connectivity index (χ4v) is 5.89. The van der Waals surface area contributed by atoms with Gasteiger partial charge in [0, 0.05) is 36.8 Å². The Morgan fingerprint density at radius 1 is 1.14 bits per heavy atom. The molecule has 5 rings (SSSR count). The lowest BCUT2D eigenvalue weighted by Crippen LogP contribution is -2.55. The van der Waals surface area contributed by atoms with Crippen molar-refractivity contribution < 1.29 is 18.7 Å². The number of ether oxygens (including phenoxy) is 2. The topological polar surface area (TPSA) is 55.0 Å². The first kappa shape index (κ1) is 19.6. The lowest BCUT2D eigenvalue weighted by Gasteiger charge is -2.48. The molecule has 5 nitrogen and oxygen atoms in total. The second-order valence-corrected chi connectivity index (χ2v) is 9.29. The van der Waals surface area contributed by atoms with E-state index < -0.39 is 11.3 Å². The van der Waals surface area contributed by atoms with Crippen LogP contribution in [-0.2, 0) is 25.5 Å². The predicted molar refractivity (Wildman–Crippen MR) is 106 cm³/mol. The molecule has 0 amide bonds. The number of carbonyl (C=O) groups is 1. The summed E-state index contributed by atoms with van der Waals surface area (Å²) < 4.78 is 27.3. The van der Waals surface area contributed by atoms with Gasteiger partial charge >= 0.3 is 0 Å². The minimum Gasteiger partial charge on any atom is -0.379 e. The first-order valence-corrected chi connectivity index (χ1v) is 11.2. The van der Waals surface area contributed by atoms with E-state index in [9.17, 15) is 4.79 Å². The van der Waals surface area contributed by atoms with Crippen LogP contribution < -0.4 is 0 Å². The molecular formula is C23H31FN2O3. The molecule has 0 N–H and O–H groups in total. The summed E-state index contributed by atoms with van der Waals surface area (Å²) in [5, 5.41) is 0. The first-order chi connectivity index (χ1) is 14.1. The van der Waals surface area contributed by atoms with Crippen molar-refractivity contribution in [3.8, 4) is 0 Å². The van der Waals surface area contributed by atoms with Gasteiger partial charge in [0.15, 0.2) is 11.5 Å². The van der Waals surface area contributed by atoms with Gasteiger partial charge in [-0.05, 0) is 38.2 Å². The van der Waals surface area contributed by atoms with Crippen molar-refractivity contribution in [2.45, 2.75) is 74.6 Å². The third-order valence-corrected chi connectivity index (χ3v) is 7.76. The zero-order chi connectivity index (χ0) is 20.0. The highest BCUT2D eigenvalue weighted by molar-refractivity contribution is 5.89. The second kappa shape index (κ2) is 7.40. The van der Waals surface area contributed by atoms with Crippen LogP contribution in [0.3, 0.4) is 0 Å². The molecule has 4 aliphatic rings. The Morgan fingerprint density at radius 3 is 2.62 bits per heavy atom. The number of morpholine rings is 1. The lowest BCUT2D eigenvalue weighted by molar-refractivity contribution is -0.134. The fraction of sp³-hybridized carbons (Fsp3) is 0.739. The molecule has 6 heteroatoms. The van der Waals surface area contributed by atoms with Gasteiger partial charge in [0.2, 0.25) is 0 Å². The van der Waals surface area contributed by atoms with Crippen LogP contribution >= 0.6 is 0 Å². The number of hydrogen-bond acceptors (Lipinski definition) is 5. The zero-order valence-electron chi connectivity index (χ0n) is 17.1. The Balaban J connectivity index is 1.35. The Morgan fingerprint density at radius 2 is 1.90 bits per heavy atom. The predicted octanol–water partition coefficient (Wildman–Crippen LogP) is 3.65. The normalized spacial score (nSPS) is 34.0.